The molecule has 0 spiro atoms. The fraction of sp³-hybridized carbons (Fsp3) is 0.152. The smallest absolute Gasteiger partial charge is 0.164 e. The Morgan fingerprint density at radius 1 is 0.420 bits per heavy atom. The molecule has 50 heavy (non-hydrogen) atoms. The number of benzene rings is 6. The zero-order valence-corrected chi connectivity index (χ0v) is 28.9. The van der Waals surface area contributed by atoms with Crippen molar-refractivity contribution in [2.45, 2.75) is 44.9 Å². The van der Waals surface area contributed by atoms with E-state index >= 15 is 0 Å². The fourth-order valence-corrected chi connectivity index (χ4v) is 8.26. The van der Waals surface area contributed by atoms with Gasteiger partial charge in [-0.15, -0.1) is 0 Å². The zero-order chi connectivity index (χ0) is 34.0. The molecule has 2 aromatic heterocycles. The first-order valence-electron chi connectivity index (χ1n) is 17.4. The molecule has 0 N–H and O–H groups in total. The normalized spacial score (nSPS) is 14.6. The van der Waals surface area contributed by atoms with Crippen LogP contribution in [0.5, 0.6) is 0 Å². The summed E-state index contributed by atoms with van der Waals surface area (Å²) in [5.41, 5.74) is 12.0. The summed E-state index contributed by atoms with van der Waals surface area (Å²) in [6, 6.07) is 51.4. The summed E-state index contributed by atoms with van der Waals surface area (Å²) >= 11 is 0. The Kier molecular flexibility index (Phi) is 6.86. The van der Waals surface area contributed by atoms with Gasteiger partial charge in [-0.3, -0.25) is 0 Å². The molecule has 0 fully saturated rings. The first-order valence-corrected chi connectivity index (χ1v) is 17.4. The molecule has 1 aliphatic carbocycles. The topological polar surface area (TPSA) is 43.6 Å². The van der Waals surface area contributed by atoms with Gasteiger partial charge in [0.05, 0.1) is 11.0 Å². The van der Waals surface area contributed by atoms with E-state index in [0.717, 1.165) is 34.4 Å². The summed E-state index contributed by atoms with van der Waals surface area (Å²) in [6.07, 6.45) is 1.14. The van der Waals surface area contributed by atoms with E-state index in [2.05, 4.69) is 141 Å². The average molecular weight is 647 g/mol. The lowest BCUT2D eigenvalue weighted by Crippen LogP contribution is -2.18. The molecular weight excluding hydrogens is 609 g/mol. The minimum absolute atomic E-state index is 0.118. The molecule has 0 amide bonds. The summed E-state index contributed by atoms with van der Waals surface area (Å²) in [7, 11) is 0. The Labute approximate surface area is 293 Å². The van der Waals surface area contributed by atoms with Crippen LogP contribution < -0.4 is 0 Å². The van der Waals surface area contributed by atoms with Gasteiger partial charge in [0.15, 0.2) is 17.5 Å². The molecule has 2 heterocycles. The largest absolute Gasteiger partial charge is 0.309 e. The first-order chi connectivity index (χ1) is 24.2. The quantitative estimate of drug-likeness (QED) is 0.187. The van der Waals surface area contributed by atoms with Crippen molar-refractivity contribution in [2.24, 2.45) is 0 Å². The van der Waals surface area contributed by atoms with Gasteiger partial charge in [0, 0.05) is 33.2 Å². The summed E-state index contributed by atoms with van der Waals surface area (Å²) < 4.78 is 2.42. The predicted octanol–water partition coefficient (Wildman–Crippen LogP) is 11.6. The molecule has 242 valence electrons. The van der Waals surface area contributed by atoms with Crippen LogP contribution in [0.2, 0.25) is 0 Å². The molecule has 0 saturated carbocycles. The van der Waals surface area contributed by atoms with Gasteiger partial charge >= 0.3 is 0 Å². The summed E-state index contributed by atoms with van der Waals surface area (Å²) in [6.45, 7) is 9.55. The molecule has 0 aliphatic heterocycles. The van der Waals surface area contributed by atoms with Crippen molar-refractivity contribution < 1.29 is 0 Å². The van der Waals surface area contributed by atoms with E-state index < -0.39 is 0 Å². The third-order valence-corrected chi connectivity index (χ3v) is 10.5. The number of hydrogen-bond acceptors (Lipinski definition) is 3. The third-order valence-electron chi connectivity index (χ3n) is 10.5. The minimum Gasteiger partial charge on any atom is -0.309 e. The molecule has 6 aromatic carbocycles. The van der Waals surface area contributed by atoms with Gasteiger partial charge in [-0.25, -0.2) is 15.0 Å². The number of nitrogens with zero attached hydrogens (tertiary/aromatic N) is 4. The molecule has 8 aromatic rings. The van der Waals surface area contributed by atoms with Crippen molar-refractivity contribution in [3.05, 3.63) is 157 Å². The van der Waals surface area contributed by atoms with Gasteiger partial charge < -0.3 is 4.57 Å². The van der Waals surface area contributed by atoms with E-state index in [4.69, 9.17) is 15.0 Å². The summed E-state index contributed by atoms with van der Waals surface area (Å²) in [4.78, 5) is 15.0. The van der Waals surface area contributed by atoms with Crippen LogP contribution >= 0.6 is 0 Å². The third kappa shape index (κ3) is 5.02. The van der Waals surface area contributed by atoms with Crippen molar-refractivity contribution in [2.75, 3.05) is 0 Å². The van der Waals surface area contributed by atoms with Crippen LogP contribution in [0, 0.1) is 0 Å². The molecule has 9 rings (SSSR count). The Morgan fingerprint density at radius 3 is 1.46 bits per heavy atom. The molecular formula is C46H38N4. The van der Waals surface area contributed by atoms with Crippen molar-refractivity contribution in [3.8, 4) is 51.0 Å². The van der Waals surface area contributed by atoms with Crippen molar-refractivity contribution >= 4 is 21.8 Å². The van der Waals surface area contributed by atoms with Crippen LogP contribution in [0.4, 0.5) is 0 Å². The molecule has 4 heteroatoms. The van der Waals surface area contributed by atoms with E-state index in [0.29, 0.717) is 17.5 Å². The standard InChI is InChI=1S/C46H38N4/c1-45(2)29-46(3,4)39-28-41-37(27-38(39)45)36-17-11-12-18-40(36)50(41)35-25-23-34(24-26-35)44-48-42(32-15-9-6-10-16-32)47-43(49-44)33-21-19-31(20-22-33)30-13-7-5-8-14-30/h5-28H,29H2,1-4H3. The molecule has 0 saturated heterocycles. The zero-order valence-electron chi connectivity index (χ0n) is 28.9. The van der Waals surface area contributed by atoms with Gasteiger partial charge in [-0.05, 0) is 82.0 Å². The van der Waals surface area contributed by atoms with Crippen LogP contribution in [0.1, 0.15) is 45.2 Å². The van der Waals surface area contributed by atoms with Gasteiger partial charge in [-0.1, -0.05) is 131 Å². The van der Waals surface area contributed by atoms with Crippen molar-refractivity contribution in [1.82, 2.24) is 19.5 Å². The Balaban J connectivity index is 1.15. The van der Waals surface area contributed by atoms with Crippen LogP contribution in [0.25, 0.3) is 72.8 Å². The Bertz CT molecular complexity index is 2530. The van der Waals surface area contributed by atoms with E-state index in [9.17, 15) is 0 Å². The minimum atomic E-state index is 0.118. The number of fused-ring (bicyclic) bond motifs is 4. The predicted molar refractivity (Wildman–Crippen MR) is 207 cm³/mol. The average Bonchev–Trinajstić information content (AvgIpc) is 3.57. The van der Waals surface area contributed by atoms with Gasteiger partial charge in [0.25, 0.3) is 0 Å². The fourth-order valence-electron chi connectivity index (χ4n) is 8.26. The number of rotatable bonds is 5. The van der Waals surface area contributed by atoms with Crippen LogP contribution in [0.15, 0.2) is 146 Å². The molecule has 0 unspecified atom stereocenters. The van der Waals surface area contributed by atoms with E-state index in [1.807, 2.05) is 36.4 Å². The maximum absolute atomic E-state index is 5.03. The lowest BCUT2D eigenvalue weighted by atomic mass is 9.82. The number of hydrogen-bond donors (Lipinski definition) is 0. The van der Waals surface area contributed by atoms with Crippen molar-refractivity contribution in [3.63, 3.8) is 0 Å². The van der Waals surface area contributed by atoms with Crippen LogP contribution in [0.3, 0.4) is 0 Å². The highest BCUT2D eigenvalue weighted by atomic mass is 15.0. The maximum Gasteiger partial charge on any atom is 0.164 e. The second kappa shape index (κ2) is 11.3. The first kappa shape index (κ1) is 30.2. The summed E-state index contributed by atoms with van der Waals surface area (Å²) in [5.74, 6) is 1.96. The van der Waals surface area contributed by atoms with Gasteiger partial charge in [-0.2, -0.15) is 0 Å². The number of aromatic nitrogens is 4. The van der Waals surface area contributed by atoms with Crippen LogP contribution in [-0.2, 0) is 10.8 Å². The van der Waals surface area contributed by atoms with E-state index in [1.165, 1.54) is 38.5 Å². The molecule has 0 atom stereocenters. The summed E-state index contributed by atoms with van der Waals surface area (Å²) in [5, 5.41) is 2.59. The second-order valence-electron chi connectivity index (χ2n) is 14.9. The molecule has 0 bridgehead atoms. The highest BCUT2D eigenvalue weighted by Crippen LogP contribution is 2.51. The monoisotopic (exact) mass is 646 g/mol. The Hall–Kier alpha value is -5.87. The molecule has 0 radical (unpaired) electrons. The SMILES string of the molecule is CC1(C)CC(C)(C)c2cc3c(cc21)c1ccccc1n3-c1ccc(-c2nc(-c3ccccc3)nc(-c3ccc(-c4ccccc4)cc3)n2)cc1. The maximum atomic E-state index is 5.03. The molecule has 4 nitrogen and oxygen atoms in total. The Morgan fingerprint density at radius 2 is 0.860 bits per heavy atom. The van der Waals surface area contributed by atoms with Crippen molar-refractivity contribution in [1.29, 1.82) is 0 Å². The van der Waals surface area contributed by atoms with Gasteiger partial charge in [0.2, 0.25) is 0 Å². The number of para-hydroxylation sites is 1. The van der Waals surface area contributed by atoms with Gasteiger partial charge in [0.1, 0.15) is 0 Å². The van der Waals surface area contributed by atoms with Crippen LogP contribution in [-0.4, -0.2) is 19.5 Å². The van der Waals surface area contributed by atoms with E-state index in [1.54, 1.807) is 0 Å². The molecule has 1 aliphatic rings. The highest BCUT2D eigenvalue weighted by Gasteiger charge is 2.42. The second-order valence-corrected chi connectivity index (χ2v) is 14.9. The van der Waals surface area contributed by atoms with E-state index in [-0.39, 0.29) is 10.8 Å². The lowest BCUT2D eigenvalue weighted by molar-refractivity contribution is 0.403. The lowest BCUT2D eigenvalue weighted by Gasteiger charge is -2.22. The highest BCUT2D eigenvalue weighted by molar-refractivity contribution is 6.10.